The molecule has 1 aliphatic rings. The van der Waals surface area contributed by atoms with Crippen LogP contribution in [0.3, 0.4) is 0 Å². The highest BCUT2D eigenvalue weighted by Gasteiger charge is 2.26. The van der Waals surface area contributed by atoms with Crippen molar-refractivity contribution in [3.8, 4) is 0 Å². The topological polar surface area (TPSA) is 62.7 Å². The van der Waals surface area contributed by atoms with Gasteiger partial charge in [0.25, 0.3) is 5.91 Å². The number of aromatic nitrogens is 3. The minimum atomic E-state index is -0.0208. The second kappa shape index (κ2) is 4.33. The number of aromatic amines is 1. The molecule has 0 unspecified atom stereocenters. The predicted molar refractivity (Wildman–Crippen MR) is 67.2 cm³/mol. The molecule has 18 heavy (non-hydrogen) atoms. The number of hydrogen-bond acceptors (Lipinski definition) is 2. The quantitative estimate of drug-likeness (QED) is 0.861. The molecule has 1 aliphatic carbocycles. The van der Waals surface area contributed by atoms with Gasteiger partial charge in [-0.1, -0.05) is 0 Å². The minimum Gasteiger partial charge on any atom is -0.347 e. The molecular weight excluding hydrogens is 228 g/mol. The summed E-state index contributed by atoms with van der Waals surface area (Å²) in [5, 5.41) is 9.73. The van der Waals surface area contributed by atoms with E-state index in [0.29, 0.717) is 12.6 Å². The minimum absolute atomic E-state index is 0.0208. The summed E-state index contributed by atoms with van der Waals surface area (Å²) >= 11 is 0. The van der Waals surface area contributed by atoms with Gasteiger partial charge in [-0.25, -0.2) is 0 Å². The number of rotatable bonds is 4. The van der Waals surface area contributed by atoms with Crippen molar-refractivity contribution in [3.05, 3.63) is 41.5 Å². The van der Waals surface area contributed by atoms with E-state index in [-0.39, 0.29) is 5.91 Å². The van der Waals surface area contributed by atoms with Crippen molar-refractivity contribution in [1.82, 2.24) is 20.1 Å². The molecule has 1 fully saturated rings. The normalized spacial score (nSPS) is 14.7. The van der Waals surface area contributed by atoms with Gasteiger partial charge in [-0.2, -0.15) is 5.10 Å². The lowest BCUT2D eigenvalue weighted by Crippen LogP contribution is -2.25. The number of hydrogen-bond donors (Lipinski definition) is 2. The van der Waals surface area contributed by atoms with Crippen LogP contribution in [0.2, 0.25) is 0 Å². The summed E-state index contributed by atoms with van der Waals surface area (Å²) in [7, 11) is 0. The van der Waals surface area contributed by atoms with E-state index in [1.165, 1.54) is 12.8 Å². The lowest BCUT2D eigenvalue weighted by molar-refractivity contribution is 0.0941. The van der Waals surface area contributed by atoms with E-state index in [1.54, 1.807) is 6.20 Å². The molecule has 2 aromatic rings. The van der Waals surface area contributed by atoms with Crippen LogP contribution >= 0.6 is 0 Å². The Labute approximate surface area is 105 Å². The van der Waals surface area contributed by atoms with E-state index >= 15 is 0 Å². The van der Waals surface area contributed by atoms with Crippen LogP contribution in [-0.2, 0) is 6.54 Å². The second-order valence-electron chi connectivity index (χ2n) is 4.73. The Bertz CT molecular complexity index is 565. The van der Waals surface area contributed by atoms with Crippen molar-refractivity contribution in [2.24, 2.45) is 0 Å². The van der Waals surface area contributed by atoms with Crippen molar-refractivity contribution >= 4 is 5.91 Å². The molecule has 0 aliphatic heterocycles. The summed E-state index contributed by atoms with van der Waals surface area (Å²) in [5.41, 5.74) is 2.76. The molecule has 5 nitrogen and oxygen atoms in total. The number of aryl methyl sites for hydroxylation is 1. The van der Waals surface area contributed by atoms with Gasteiger partial charge in [0, 0.05) is 30.0 Å². The monoisotopic (exact) mass is 244 g/mol. The summed E-state index contributed by atoms with van der Waals surface area (Å²) < 4.78 is 2.07. The maximum absolute atomic E-state index is 12.1. The SMILES string of the molecule is Cc1[nH]ncc1CNC(=O)c1cccn1C1CC1. The van der Waals surface area contributed by atoms with Crippen LogP contribution in [-0.4, -0.2) is 20.7 Å². The Morgan fingerprint density at radius 1 is 1.61 bits per heavy atom. The average molecular weight is 244 g/mol. The van der Waals surface area contributed by atoms with Gasteiger partial charge in [-0.15, -0.1) is 0 Å². The lowest BCUT2D eigenvalue weighted by Gasteiger charge is -2.08. The third-order valence-electron chi connectivity index (χ3n) is 3.33. The summed E-state index contributed by atoms with van der Waals surface area (Å²) in [6.45, 7) is 2.46. The van der Waals surface area contributed by atoms with Crippen LogP contribution in [0.1, 0.15) is 40.6 Å². The van der Waals surface area contributed by atoms with Crippen LogP contribution in [0.5, 0.6) is 0 Å². The van der Waals surface area contributed by atoms with Gasteiger partial charge in [0.05, 0.1) is 6.20 Å². The molecule has 5 heteroatoms. The van der Waals surface area contributed by atoms with E-state index in [1.807, 2.05) is 25.3 Å². The van der Waals surface area contributed by atoms with E-state index in [9.17, 15) is 4.79 Å². The molecule has 2 N–H and O–H groups in total. The molecular formula is C13H16N4O. The zero-order chi connectivity index (χ0) is 12.5. The van der Waals surface area contributed by atoms with Crippen molar-refractivity contribution in [3.63, 3.8) is 0 Å². The third kappa shape index (κ3) is 2.03. The van der Waals surface area contributed by atoms with E-state index in [0.717, 1.165) is 17.0 Å². The number of nitrogens with zero attached hydrogens (tertiary/aromatic N) is 2. The molecule has 1 saturated carbocycles. The largest absolute Gasteiger partial charge is 0.347 e. The molecule has 0 bridgehead atoms. The number of nitrogens with one attached hydrogen (secondary N) is 2. The fourth-order valence-corrected chi connectivity index (χ4v) is 2.08. The summed E-state index contributed by atoms with van der Waals surface area (Å²) in [6, 6.07) is 4.32. The van der Waals surface area contributed by atoms with Crippen molar-refractivity contribution in [2.75, 3.05) is 0 Å². The van der Waals surface area contributed by atoms with Crippen LogP contribution in [0.4, 0.5) is 0 Å². The molecule has 1 amide bonds. The second-order valence-corrected chi connectivity index (χ2v) is 4.73. The first-order chi connectivity index (χ1) is 8.75. The van der Waals surface area contributed by atoms with Gasteiger partial charge in [0.15, 0.2) is 0 Å². The molecule has 2 heterocycles. The summed E-state index contributed by atoms with van der Waals surface area (Å²) in [4.78, 5) is 12.1. The molecule has 2 aromatic heterocycles. The highest BCUT2D eigenvalue weighted by molar-refractivity contribution is 5.92. The Balaban J connectivity index is 1.67. The summed E-state index contributed by atoms with van der Waals surface area (Å²) in [6.07, 6.45) is 6.08. The molecule has 0 saturated heterocycles. The highest BCUT2D eigenvalue weighted by atomic mass is 16.1. The summed E-state index contributed by atoms with van der Waals surface area (Å²) in [5.74, 6) is -0.0208. The Morgan fingerprint density at radius 2 is 2.44 bits per heavy atom. The molecule has 3 rings (SSSR count). The van der Waals surface area contributed by atoms with Crippen LogP contribution < -0.4 is 5.32 Å². The van der Waals surface area contributed by atoms with E-state index < -0.39 is 0 Å². The van der Waals surface area contributed by atoms with Crippen molar-refractivity contribution in [2.45, 2.75) is 32.4 Å². The molecule has 0 atom stereocenters. The lowest BCUT2D eigenvalue weighted by atomic mass is 10.2. The van der Waals surface area contributed by atoms with Crippen molar-refractivity contribution in [1.29, 1.82) is 0 Å². The molecule has 0 spiro atoms. The maximum Gasteiger partial charge on any atom is 0.268 e. The van der Waals surface area contributed by atoms with Gasteiger partial charge in [0.2, 0.25) is 0 Å². The van der Waals surface area contributed by atoms with Gasteiger partial charge >= 0.3 is 0 Å². The number of H-pyrrole nitrogens is 1. The average Bonchev–Trinajstić information content (AvgIpc) is 2.95. The first-order valence-corrected chi connectivity index (χ1v) is 6.19. The van der Waals surface area contributed by atoms with E-state index in [4.69, 9.17) is 0 Å². The van der Waals surface area contributed by atoms with Crippen molar-refractivity contribution < 1.29 is 4.79 Å². The zero-order valence-corrected chi connectivity index (χ0v) is 10.3. The highest BCUT2D eigenvalue weighted by Crippen LogP contribution is 2.35. The smallest absolute Gasteiger partial charge is 0.268 e. The van der Waals surface area contributed by atoms with Gasteiger partial charge in [-0.05, 0) is 31.9 Å². The first-order valence-electron chi connectivity index (χ1n) is 6.19. The van der Waals surface area contributed by atoms with Crippen LogP contribution in [0.25, 0.3) is 0 Å². The Kier molecular flexibility index (Phi) is 2.66. The Hall–Kier alpha value is -2.04. The first kappa shape index (κ1) is 11.1. The molecule has 94 valence electrons. The maximum atomic E-state index is 12.1. The van der Waals surface area contributed by atoms with Gasteiger partial charge in [0.1, 0.15) is 5.69 Å². The van der Waals surface area contributed by atoms with Gasteiger partial charge < -0.3 is 9.88 Å². The number of amides is 1. The van der Waals surface area contributed by atoms with Crippen LogP contribution in [0.15, 0.2) is 24.5 Å². The fourth-order valence-electron chi connectivity index (χ4n) is 2.08. The fraction of sp³-hybridized carbons (Fsp3) is 0.385. The number of carbonyl (C=O) groups is 1. The number of carbonyl (C=O) groups excluding carboxylic acids is 1. The third-order valence-corrected chi connectivity index (χ3v) is 3.33. The molecule has 0 aromatic carbocycles. The van der Waals surface area contributed by atoms with E-state index in [2.05, 4.69) is 20.1 Å². The predicted octanol–water partition coefficient (Wildman–Crippen LogP) is 1.78. The standard InChI is InChI=1S/C13H16N4O/c1-9-10(8-15-16-9)7-14-13(18)12-3-2-6-17(12)11-4-5-11/h2-3,6,8,11H,4-5,7H2,1H3,(H,14,18)(H,15,16). The van der Waals surface area contributed by atoms with Crippen LogP contribution in [0, 0.1) is 6.92 Å². The Morgan fingerprint density at radius 3 is 3.11 bits per heavy atom. The molecule has 0 radical (unpaired) electrons. The zero-order valence-electron chi connectivity index (χ0n) is 10.3. The van der Waals surface area contributed by atoms with Gasteiger partial charge in [-0.3, -0.25) is 9.89 Å².